The van der Waals surface area contributed by atoms with Crippen molar-refractivity contribution in [2.24, 2.45) is 11.8 Å². The third-order valence-electron chi connectivity index (χ3n) is 5.57. The number of carbonyl (C=O) groups is 1. The molecule has 2 atom stereocenters. The average Bonchev–Trinajstić information content (AvgIpc) is 2.57. The van der Waals surface area contributed by atoms with Crippen LogP contribution in [0, 0.1) is 23.2 Å². The quantitative estimate of drug-likeness (QED) is 0.806. The smallest absolute Gasteiger partial charge is 0.160 e. The Morgan fingerprint density at radius 1 is 1.00 bits per heavy atom. The van der Waals surface area contributed by atoms with Crippen LogP contribution in [0.5, 0.6) is 0 Å². The molecule has 2 aliphatic rings. The molecule has 1 aromatic carbocycles. The van der Waals surface area contributed by atoms with Crippen LogP contribution < -0.4 is 0 Å². The summed E-state index contributed by atoms with van der Waals surface area (Å²) in [6.07, 6.45) is 8.69. The number of benzene rings is 1. The minimum absolute atomic E-state index is 0.203. The highest BCUT2D eigenvalue weighted by Crippen LogP contribution is 2.49. The molecule has 2 unspecified atom stereocenters. The van der Waals surface area contributed by atoms with Crippen LogP contribution in [0.2, 0.25) is 0 Å². The number of ketones is 1. The minimum atomic E-state index is -0.402. The summed E-state index contributed by atoms with van der Waals surface area (Å²) < 4.78 is 0. The minimum Gasteiger partial charge on any atom is -0.297 e. The molecule has 21 heavy (non-hydrogen) atoms. The second-order valence-corrected chi connectivity index (χ2v) is 6.61. The molecule has 2 fully saturated rings. The fourth-order valence-electron chi connectivity index (χ4n) is 4.53. The van der Waals surface area contributed by atoms with Crippen LogP contribution >= 0.6 is 0 Å². The van der Waals surface area contributed by atoms with Gasteiger partial charge in [0, 0.05) is 0 Å². The van der Waals surface area contributed by atoms with Gasteiger partial charge in [0.05, 0.1) is 11.5 Å². The van der Waals surface area contributed by atoms with Gasteiger partial charge in [0.15, 0.2) is 5.78 Å². The predicted molar refractivity (Wildman–Crippen MR) is 82.7 cm³/mol. The van der Waals surface area contributed by atoms with Gasteiger partial charge in [-0.25, -0.2) is 0 Å². The van der Waals surface area contributed by atoms with Gasteiger partial charge in [0.2, 0.25) is 0 Å². The van der Waals surface area contributed by atoms with E-state index in [0.29, 0.717) is 5.92 Å². The Labute approximate surface area is 127 Å². The predicted octanol–water partition coefficient (Wildman–Crippen LogP) is 4.40. The van der Waals surface area contributed by atoms with Crippen molar-refractivity contribution in [3.8, 4) is 6.07 Å². The Balaban J connectivity index is 2.06. The monoisotopic (exact) mass is 281 g/mol. The maximum Gasteiger partial charge on any atom is 0.160 e. The molecule has 2 saturated carbocycles. The van der Waals surface area contributed by atoms with Crippen molar-refractivity contribution in [2.45, 2.75) is 56.8 Å². The molecule has 0 saturated heterocycles. The van der Waals surface area contributed by atoms with Gasteiger partial charge < -0.3 is 0 Å². The van der Waals surface area contributed by atoms with Gasteiger partial charge in [-0.2, -0.15) is 5.26 Å². The van der Waals surface area contributed by atoms with Crippen LogP contribution in [-0.4, -0.2) is 5.78 Å². The van der Waals surface area contributed by atoms with Gasteiger partial charge in [-0.05, 0) is 37.2 Å². The Morgan fingerprint density at radius 2 is 1.71 bits per heavy atom. The van der Waals surface area contributed by atoms with E-state index in [9.17, 15) is 10.1 Å². The highest BCUT2D eigenvalue weighted by atomic mass is 16.1. The van der Waals surface area contributed by atoms with Crippen molar-refractivity contribution in [1.29, 1.82) is 5.26 Å². The fraction of sp³-hybridized carbons (Fsp3) is 0.579. The molecule has 2 aliphatic carbocycles. The summed E-state index contributed by atoms with van der Waals surface area (Å²) in [6, 6.07) is 12.5. The Hall–Kier alpha value is -1.62. The lowest BCUT2D eigenvalue weighted by atomic mass is 9.56. The van der Waals surface area contributed by atoms with E-state index in [-0.39, 0.29) is 11.2 Å². The first kappa shape index (κ1) is 14.3. The Morgan fingerprint density at radius 3 is 2.38 bits per heavy atom. The van der Waals surface area contributed by atoms with E-state index in [2.05, 4.69) is 18.2 Å². The molecule has 0 radical (unpaired) electrons. The van der Waals surface area contributed by atoms with E-state index in [1.54, 1.807) is 0 Å². The molecular weight excluding hydrogens is 258 g/mol. The van der Waals surface area contributed by atoms with Crippen molar-refractivity contribution >= 4 is 5.78 Å². The molecule has 3 rings (SSSR count). The number of hydrogen-bond donors (Lipinski definition) is 0. The highest BCUT2D eigenvalue weighted by molar-refractivity contribution is 5.94. The number of hydrogen-bond acceptors (Lipinski definition) is 2. The summed E-state index contributed by atoms with van der Waals surface area (Å²) in [6.45, 7) is 0. The van der Waals surface area contributed by atoms with Crippen molar-refractivity contribution in [3.63, 3.8) is 0 Å². The summed E-state index contributed by atoms with van der Waals surface area (Å²) in [5.74, 6) is 0.229. The van der Waals surface area contributed by atoms with Crippen LogP contribution in [-0.2, 0) is 10.2 Å². The summed E-state index contributed by atoms with van der Waals surface area (Å²) >= 11 is 0. The molecular formula is C19H23NO. The van der Waals surface area contributed by atoms with E-state index < -0.39 is 5.92 Å². The van der Waals surface area contributed by atoms with Crippen LogP contribution in [0.4, 0.5) is 0 Å². The lowest BCUT2D eigenvalue weighted by molar-refractivity contribution is -0.132. The van der Waals surface area contributed by atoms with Gasteiger partial charge in [-0.1, -0.05) is 56.0 Å². The van der Waals surface area contributed by atoms with Crippen molar-refractivity contribution in [2.75, 3.05) is 0 Å². The summed E-state index contributed by atoms with van der Waals surface area (Å²) in [4.78, 5) is 13.2. The van der Waals surface area contributed by atoms with Crippen molar-refractivity contribution < 1.29 is 4.79 Å². The zero-order valence-corrected chi connectivity index (χ0v) is 12.6. The summed E-state index contributed by atoms with van der Waals surface area (Å²) in [7, 11) is 0. The van der Waals surface area contributed by atoms with Gasteiger partial charge in [0.1, 0.15) is 5.92 Å². The van der Waals surface area contributed by atoms with Gasteiger partial charge >= 0.3 is 0 Å². The second-order valence-electron chi connectivity index (χ2n) is 6.61. The molecule has 0 spiro atoms. The molecule has 2 nitrogen and oxygen atoms in total. The van der Waals surface area contributed by atoms with Crippen LogP contribution in [0.1, 0.15) is 56.9 Å². The standard InChI is InChI=1S/C19H23NO/c20-14-15-8-7-13-19(18(15)21,16-9-3-1-4-10-16)17-11-5-2-6-12-17/h1,3-4,9-10,15,17H,2,5-8,11-13H2. The van der Waals surface area contributed by atoms with E-state index in [4.69, 9.17) is 0 Å². The van der Waals surface area contributed by atoms with Crippen LogP contribution in [0.25, 0.3) is 0 Å². The van der Waals surface area contributed by atoms with E-state index in [1.165, 1.54) is 19.3 Å². The highest BCUT2D eigenvalue weighted by Gasteiger charge is 2.50. The van der Waals surface area contributed by atoms with Crippen molar-refractivity contribution in [1.82, 2.24) is 0 Å². The average molecular weight is 281 g/mol. The number of nitrogens with zero attached hydrogens (tertiary/aromatic N) is 1. The topological polar surface area (TPSA) is 40.9 Å². The molecule has 0 heterocycles. The first-order valence-corrected chi connectivity index (χ1v) is 8.28. The first-order valence-electron chi connectivity index (χ1n) is 8.28. The molecule has 0 N–H and O–H groups in total. The maximum absolute atomic E-state index is 13.2. The van der Waals surface area contributed by atoms with E-state index in [1.807, 2.05) is 18.2 Å². The van der Waals surface area contributed by atoms with Gasteiger partial charge in [-0.3, -0.25) is 4.79 Å². The fourth-order valence-corrected chi connectivity index (χ4v) is 4.53. The van der Waals surface area contributed by atoms with Crippen LogP contribution in [0.3, 0.4) is 0 Å². The lowest BCUT2D eigenvalue weighted by Gasteiger charge is -2.45. The third-order valence-corrected chi connectivity index (χ3v) is 5.57. The Kier molecular flexibility index (Phi) is 4.10. The lowest BCUT2D eigenvalue weighted by Crippen LogP contribution is -2.49. The maximum atomic E-state index is 13.2. The Bertz CT molecular complexity index is 538. The molecule has 1 aromatic rings. The summed E-state index contributed by atoms with van der Waals surface area (Å²) in [5, 5.41) is 9.37. The molecule has 2 heteroatoms. The number of carbonyl (C=O) groups excluding carboxylic acids is 1. The summed E-state index contributed by atoms with van der Waals surface area (Å²) in [5.41, 5.74) is 0.766. The zero-order chi connectivity index (χ0) is 14.7. The first-order chi connectivity index (χ1) is 10.3. The largest absolute Gasteiger partial charge is 0.297 e. The van der Waals surface area contributed by atoms with Crippen LogP contribution in [0.15, 0.2) is 30.3 Å². The SMILES string of the molecule is N#CC1CCCC(c2ccccc2)(C2CCCCC2)C1=O. The number of rotatable bonds is 2. The normalized spacial score (nSPS) is 30.8. The van der Waals surface area contributed by atoms with E-state index >= 15 is 0 Å². The molecule has 0 aliphatic heterocycles. The second kappa shape index (κ2) is 6.02. The van der Waals surface area contributed by atoms with Crippen molar-refractivity contribution in [3.05, 3.63) is 35.9 Å². The zero-order valence-electron chi connectivity index (χ0n) is 12.6. The molecule has 0 bridgehead atoms. The molecule has 0 aromatic heterocycles. The number of nitriles is 1. The number of Topliss-reactive ketones (excluding diaryl/α,β-unsaturated/α-hetero) is 1. The molecule has 110 valence electrons. The van der Waals surface area contributed by atoms with Gasteiger partial charge in [0.25, 0.3) is 0 Å². The third kappa shape index (κ3) is 2.39. The van der Waals surface area contributed by atoms with Gasteiger partial charge in [-0.15, -0.1) is 0 Å². The molecule has 0 amide bonds. The van der Waals surface area contributed by atoms with E-state index in [0.717, 1.165) is 37.7 Å².